The molecule has 1 fully saturated rings. The van der Waals surface area contributed by atoms with Crippen molar-refractivity contribution in [1.82, 2.24) is 4.90 Å². The number of piperidine rings is 1. The lowest BCUT2D eigenvalue weighted by Gasteiger charge is -2.42. The second kappa shape index (κ2) is 13.9. The summed E-state index contributed by atoms with van der Waals surface area (Å²) in [4.78, 5) is 14.9. The van der Waals surface area contributed by atoms with Gasteiger partial charge in [-0.15, -0.1) is 13.2 Å². The molecule has 5 rings (SSSR count). The Kier molecular flexibility index (Phi) is 10.1. The molecule has 0 aliphatic carbocycles. The Bertz CT molecular complexity index is 1620. The molecule has 4 nitrogen and oxygen atoms in total. The van der Waals surface area contributed by atoms with Crippen LogP contribution in [0.3, 0.4) is 0 Å². The van der Waals surface area contributed by atoms with E-state index in [0.29, 0.717) is 17.7 Å². The predicted octanol–water partition coefficient (Wildman–Crippen LogP) is 9.50. The predicted molar refractivity (Wildman–Crippen MR) is 157 cm³/mol. The number of alkyl halides is 9. The molecule has 0 spiro atoms. The third-order valence-electron chi connectivity index (χ3n) is 8.06. The molecule has 13 heteroatoms. The van der Waals surface area contributed by atoms with Crippen molar-refractivity contribution in [3.63, 3.8) is 0 Å². The molecule has 4 aromatic carbocycles. The first kappa shape index (κ1) is 34.8. The zero-order valence-corrected chi connectivity index (χ0v) is 24.9. The van der Waals surface area contributed by atoms with Crippen molar-refractivity contribution < 1.29 is 53.8 Å². The summed E-state index contributed by atoms with van der Waals surface area (Å²) >= 11 is 0. The van der Waals surface area contributed by atoms with Crippen LogP contribution in [-0.2, 0) is 23.7 Å². The molecule has 0 aromatic heterocycles. The average Bonchev–Trinajstić information content (AvgIpc) is 3.03. The van der Waals surface area contributed by atoms with Gasteiger partial charge in [-0.05, 0) is 53.4 Å². The van der Waals surface area contributed by atoms with Gasteiger partial charge in [-0.3, -0.25) is 4.79 Å². The molecular formula is C35H28F9NO3. The molecule has 0 N–H and O–H groups in total. The maximum absolute atomic E-state index is 13.7. The first-order chi connectivity index (χ1) is 22.6. The summed E-state index contributed by atoms with van der Waals surface area (Å²) in [6, 6.07) is 24.3. The standard InChI is InChI=1S/C35H28F9NO3/c36-33(37,38)26-17-25(18-27(19-26)34(39,40)41)32(46)45-15-14-30(47-21-22-8-7-13-28(16-22)48-35(42,43)44)29(20-45)31(23-9-3-1-4-10-23)24-11-5-2-6-12-24/h1-13,16-19,29-31H,14-15,20-21H2/t29-,30+/m0/s1. The second-order valence-corrected chi connectivity index (χ2v) is 11.3. The highest BCUT2D eigenvalue weighted by molar-refractivity contribution is 5.94. The van der Waals surface area contributed by atoms with Gasteiger partial charge in [0, 0.05) is 30.5 Å². The topological polar surface area (TPSA) is 38.8 Å². The highest BCUT2D eigenvalue weighted by atomic mass is 19.4. The largest absolute Gasteiger partial charge is 0.573 e. The molecule has 1 aliphatic rings. The molecule has 0 unspecified atom stereocenters. The van der Waals surface area contributed by atoms with Gasteiger partial charge < -0.3 is 14.4 Å². The number of likely N-dealkylation sites (tertiary alicyclic amines) is 1. The van der Waals surface area contributed by atoms with Crippen molar-refractivity contribution in [2.24, 2.45) is 5.92 Å². The van der Waals surface area contributed by atoms with Crippen LogP contribution in [0.5, 0.6) is 5.75 Å². The SMILES string of the molecule is O=C(c1cc(C(F)(F)F)cc(C(F)(F)F)c1)N1CC[C@@H](OCc2cccc(OC(F)(F)F)c2)[C@@H](C(c2ccccc2)c2ccccc2)C1. The van der Waals surface area contributed by atoms with Gasteiger partial charge in [-0.25, -0.2) is 0 Å². The van der Waals surface area contributed by atoms with Crippen LogP contribution >= 0.6 is 0 Å². The Labute approximate surface area is 269 Å². The zero-order chi connectivity index (χ0) is 34.7. The number of carbonyl (C=O) groups excluding carboxylic acids is 1. The summed E-state index contributed by atoms with van der Waals surface area (Å²) in [5.74, 6) is -2.46. The van der Waals surface area contributed by atoms with Gasteiger partial charge in [0.25, 0.3) is 5.91 Å². The van der Waals surface area contributed by atoms with E-state index in [2.05, 4.69) is 4.74 Å². The van der Waals surface area contributed by atoms with Crippen LogP contribution in [0.1, 0.15) is 50.5 Å². The molecule has 1 saturated heterocycles. The molecule has 2 atom stereocenters. The molecule has 1 heterocycles. The molecule has 1 amide bonds. The van der Waals surface area contributed by atoms with Crippen LogP contribution < -0.4 is 4.74 Å². The van der Waals surface area contributed by atoms with E-state index < -0.39 is 65.0 Å². The molecule has 0 bridgehead atoms. The maximum atomic E-state index is 13.7. The van der Waals surface area contributed by atoms with Crippen LogP contribution in [0.15, 0.2) is 103 Å². The highest BCUT2D eigenvalue weighted by Crippen LogP contribution is 2.41. The van der Waals surface area contributed by atoms with Gasteiger partial charge in [0.1, 0.15) is 5.75 Å². The molecular weight excluding hydrogens is 653 g/mol. The van der Waals surface area contributed by atoms with Crippen LogP contribution in [0.2, 0.25) is 0 Å². The highest BCUT2D eigenvalue weighted by Gasteiger charge is 2.41. The number of hydrogen-bond acceptors (Lipinski definition) is 3. The van der Waals surface area contributed by atoms with E-state index in [9.17, 15) is 44.3 Å². The summed E-state index contributed by atoms with van der Waals surface area (Å²) in [7, 11) is 0. The minimum Gasteiger partial charge on any atom is -0.406 e. The zero-order valence-electron chi connectivity index (χ0n) is 24.9. The van der Waals surface area contributed by atoms with Gasteiger partial charge in [0.15, 0.2) is 0 Å². The first-order valence-corrected chi connectivity index (χ1v) is 14.7. The number of hydrogen-bond donors (Lipinski definition) is 0. The van der Waals surface area contributed by atoms with Gasteiger partial charge in [-0.1, -0.05) is 72.8 Å². The molecule has 0 radical (unpaired) electrons. The van der Waals surface area contributed by atoms with Crippen molar-refractivity contribution in [3.05, 3.63) is 137 Å². The number of carbonyl (C=O) groups is 1. The number of ether oxygens (including phenoxy) is 2. The van der Waals surface area contributed by atoms with Gasteiger partial charge in [-0.2, -0.15) is 26.3 Å². The molecule has 254 valence electrons. The fourth-order valence-electron chi connectivity index (χ4n) is 5.98. The summed E-state index contributed by atoms with van der Waals surface area (Å²) < 4.78 is 130. The van der Waals surface area contributed by atoms with E-state index >= 15 is 0 Å². The number of nitrogens with zero attached hydrogens (tertiary/aromatic N) is 1. The fourth-order valence-corrected chi connectivity index (χ4v) is 5.98. The summed E-state index contributed by atoms with van der Waals surface area (Å²) in [5.41, 5.74) is -1.95. The van der Waals surface area contributed by atoms with E-state index in [1.807, 2.05) is 24.3 Å². The van der Waals surface area contributed by atoms with Gasteiger partial charge >= 0.3 is 18.7 Å². The number of benzene rings is 4. The summed E-state index contributed by atoms with van der Waals surface area (Å²) in [6.45, 7) is -0.305. The van der Waals surface area contributed by atoms with Crippen molar-refractivity contribution in [2.75, 3.05) is 13.1 Å². The van der Waals surface area contributed by atoms with Crippen molar-refractivity contribution >= 4 is 5.91 Å². The normalized spacial score (nSPS) is 17.4. The van der Waals surface area contributed by atoms with E-state index in [1.165, 1.54) is 17.0 Å². The van der Waals surface area contributed by atoms with Crippen LogP contribution in [0, 0.1) is 5.92 Å². The van der Waals surface area contributed by atoms with Crippen LogP contribution in [0.25, 0.3) is 0 Å². The van der Waals surface area contributed by atoms with E-state index in [4.69, 9.17) is 4.74 Å². The van der Waals surface area contributed by atoms with E-state index in [0.717, 1.165) is 17.2 Å². The van der Waals surface area contributed by atoms with Crippen LogP contribution in [-0.4, -0.2) is 36.4 Å². The minimum absolute atomic E-state index is 0.0325. The minimum atomic E-state index is -5.13. The maximum Gasteiger partial charge on any atom is 0.573 e. The smallest absolute Gasteiger partial charge is 0.406 e. The Morgan fingerprint density at radius 1 is 0.729 bits per heavy atom. The number of halogens is 9. The molecule has 48 heavy (non-hydrogen) atoms. The Morgan fingerprint density at radius 2 is 1.29 bits per heavy atom. The van der Waals surface area contributed by atoms with Crippen molar-refractivity contribution in [1.29, 1.82) is 0 Å². The fraction of sp³-hybridized carbons (Fsp3) is 0.286. The number of amides is 1. The molecule has 1 aliphatic heterocycles. The third kappa shape index (κ3) is 8.68. The van der Waals surface area contributed by atoms with Crippen molar-refractivity contribution in [3.8, 4) is 5.75 Å². The first-order valence-electron chi connectivity index (χ1n) is 14.7. The Morgan fingerprint density at radius 3 is 1.81 bits per heavy atom. The lowest BCUT2D eigenvalue weighted by Crippen LogP contribution is -2.49. The van der Waals surface area contributed by atoms with E-state index in [-0.39, 0.29) is 32.2 Å². The average molecular weight is 682 g/mol. The van der Waals surface area contributed by atoms with E-state index in [1.54, 1.807) is 42.5 Å². The Balaban J connectivity index is 1.50. The lowest BCUT2D eigenvalue weighted by atomic mass is 9.75. The monoisotopic (exact) mass is 681 g/mol. The van der Waals surface area contributed by atoms with Gasteiger partial charge in [0.2, 0.25) is 0 Å². The third-order valence-corrected chi connectivity index (χ3v) is 8.06. The van der Waals surface area contributed by atoms with Gasteiger partial charge in [0.05, 0.1) is 23.8 Å². The Hall–Kier alpha value is -4.52. The summed E-state index contributed by atoms with van der Waals surface area (Å²) in [5, 5.41) is 0. The van der Waals surface area contributed by atoms with Crippen molar-refractivity contribution in [2.45, 2.75) is 43.8 Å². The number of rotatable bonds is 8. The molecule has 4 aromatic rings. The second-order valence-electron chi connectivity index (χ2n) is 11.3. The van der Waals surface area contributed by atoms with Crippen LogP contribution in [0.4, 0.5) is 39.5 Å². The summed E-state index contributed by atoms with van der Waals surface area (Å²) in [6.07, 6.45) is -15.7. The quantitative estimate of drug-likeness (QED) is 0.174. The lowest BCUT2D eigenvalue weighted by molar-refractivity contribution is -0.274. The molecule has 0 saturated carbocycles.